The average Bonchev–Trinajstić information content (AvgIpc) is 3.19. The summed E-state index contributed by atoms with van der Waals surface area (Å²) in [6.07, 6.45) is 1.31. The Bertz CT molecular complexity index is 1100. The van der Waals surface area contributed by atoms with E-state index >= 15 is 0 Å². The van der Waals surface area contributed by atoms with Gasteiger partial charge in [-0.1, -0.05) is 0 Å². The molecule has 3 N–H and O–H groups in total. The number of carbonyl (C=O) groups is 3. The minimum Gasteiger partial charge on any atom is -0.379 e. The zero-order valence-corrected chi connectivity index (χ0v) is 18.8. The number of hydrogen-bond acceptors (Lipinski definition) is 4. The maximum Gasteiger partial charge on any atom is 0.256 e. The van der Waals surface area contributed by atoms with Gasteiger partial charge < -0.3 is 25.3 Å². The number of benzene rings is 1. The standard InChI is InChI=1S/C23H27FN4O4/c1-12-19(10-17-16-8-14(24)6-7-18(16)27-22(17)30)26-13(2)21(12)23(31)25-11-15(32-5)9-20(29)28(3)4/h6-8,10,15,26H,9,11H2,1-5H3,(H,25,31)(H,27,30). The first kappa shape index (κ1) is 23.2. The van der Waals surface area contributed by atoms with E-state index in [1.54, 1.807) is 34.0 Å². The van der Waals surface area contributed by atoms with Gasteiger partial charge in [-0.25, -0.2) is 4.39 Å². The molecule has 0 aliphatic carbocycles. The maximum atomic E-state index is 13.7. The van der Waals surface area contributed by atoms with Crippen LogP contribution in [-0.4, -0.2) is 61.5 Å². The Morgan fingerprint density at radius 3 is 2.66 bits per heavy atom. The highest BCUT2D eigenvalue weighted by molar-refractivity contribution is 6.34. The molecule has 0 spiro atoms. The van der Waals surface area contributed by atoms with Gasteiger partial charge in [0.25, 0.3) is 11.8 Å². The van der Waals surface area contributed by atoms with Crippen LogP contribution in [0.5, 0.6) is 0 Å². The van der Waals surface area contributed by atoms with Gasteiger partial charge in [-0.2, -0.15) is 0 Å². The lowest BCUT2D eigenvalue weighted by Gasteiger charge is -2.18. The molecule has 1 unspecified atom stereocenters. The van der Waals surface area contributed by atoms with Crippen LogP contribution in [0.4, 0.5) is 10.1 Å². The number of fused-ring (bicyclic) bond motifs is 1. The molecule has 1 aliphatic rings. The van der Waals surface area contributed by atoms with E-state index in [4.69, 9.17) is 4.74 Å². The Morgan fingerprint density at radius 1 is 1.28 bits per heavy atom. The van der Waals surface area contributed by atoms with Gasteiger partial charge in [-0.3, -0.25) is 14.4 Å². The number of aromatic nitrogens is 1. The normalized spacial score (nSPS) is 14.8. The van der Waals surface area contributed by atoms with Crippen LogP contribution in [0.3, 0.4) is 0 Å². The lowest BCUT2D eigenvalue weighted by Crippen LogP contribution is -2.37. The van der Waals surface area contributed by atoms with Crippen molar-refractivity contribution in [3.63, 3.8) is 0 Å². The van der Waals surface area contributed by atoms with E-state index in [0.29, 0.717) is 39.3 Å². The molecule has 0 saturated carbocycles. The van der Waals surface area contributed by atoms with Gasteiger partial charge in [-0.15, -0.1) is 0 Å². The minimum atomic E-state index is -0.455. The summed E-state index contributed by atoms with van der Waals surface area (Å²) in [6, 6.07) is 4.11. The molecule has 3 amide bonds. The van der Waals surface area contributed by atoms with Gasteiger partial charge in [-0.05, 0) is 43.7 Å². The fourth-order valence-corrected chi connectivity index (χ4v) is 3.62. The lowest BCUT2D eigenvalue weighted by molar-refractivity contribution is -0.131. The zero-order valence-electron chi connectivity index (χ0n) is 18.8. The summed E-state index contributed by atoms with van der Waals surface area (Å²) in [5.74, 6) is -1.19. The van der Waals surface area contributed by atoms with Crippen LogP contribution < -0.4 is 10.6 Å². The number of H-pyrrole nitrogens is 1. The van der Waals surface area contributed by atoms with Gasteiger partial charge in [0.15, 0.2) is 0 Å². The van der Waals surface area contributed by atoms with E-state index in [-0.39, 0.29) is 30.7 Å². The fourth-order valence-electron chi connectivity index (χ4n) is 3.62. The van der Waals surface area contributed by atoms with Crippen LogP contribution in [0.1, 0.15) is 39.3 Å². The molecule has 0 radical (unpaired) electrons. The fraction of sp³-hybridized carbons (Fsp3) is 0.348. The second-order valence-electron chi connectivity index (χ2n) is 7.93. The number of nitrogens with zero attached hydrogens (tertiary/aromatic N) is 1. The summed E-state index contributed by atoms with van der Waals surface area (Å²) >= 11 is 0. The number of carbonyl (C=O) groups excluding carboxylic acids is 3. The molecule has 1 aliphatic heterocycles. The molecule has 1 atom stereocenters. The van der Waals surface area contributed by atoms with Crippen molar-refractivity contribution in [1.82, 2.24) is 15.2 Å². The summed E-state index contributed by atoms with van der Waals surface area (Å²) in [6.45, 7) is 3.70. The molecular formula is C23H27FN4O4. The van der Waals surface area contributed by atoms with Crippen LogP contribution in [0.15, 0.2) is 18.2 Å². The monoisotopic (exact) mass is 442 g/mol. The number of ether oxygens (including phenoxy) is 1. The first-order valence-corrected chi connectivity index (χ1v) is 10.2. The molecule has 0 fully saturated rings. The van der Waals surface area contributed by atoms with Gasteiger partial charge in [0.2, 0.25) is 5.91 Å². The topological polar surface area (TPSA) is 104 Å². The molecule has 0 bridgehead atoms. The third-order valence-corrected chi connectivity index (χ3v) is 5.48. The van der Waals surface area contributed by atoms with E-state index in [2.05, 4.69) is 15.6 Å². The van der Waals surface area contributed by atoms with Crippen LogP contribution in [0.2, 0.25) is 0 Å². The third kappa shape index (κ3) is 4.72. The number of nitrogens with one attached hydrogen (secondary N) is 3. The van der Waals surface area contributed by atoms with Crippen LogP contribution in [0, 0.1) is 19.7 Å². The Morgan fingerprint density at radius 2 is 2.00 bits per heavy atom. The SMILES string of the molecule is COC(CNC(=O)c1c(C)[nH]c(C=C2C(=O)Nc3ccc(F)cc32)c1C)CC(=O)N(C)C. The Hall–Kier alpha value is -3.46. The Kier molecular flexibility index (Phi) is 6.78. The predicted octanol–water partition coefficient (Wildman–Crippen LogP) is 2.49. The highest BCUT2D eigenvalue weighted by Gasteiger charge is 2.26. The zero-order chi connectivity index (χ0) is 23.6. The number of hydrogen-bond donors (Lipinski definition) is 3. The summed E-state index contributed by atoms with van der Waals surface area (Å²) in [5, 5.41) is 5.52. The Labute approximate surface area is 185 Å². The van der Waals surface area contributed by atoms with Gasteiger partial charge in [0.05, 0.1) is 23.7 Å². The van der Waals surface area contributed by atoms with Gasteiger partial charge in [0, 0.05) is 50.4 Å². The van der Waals surface area contributed by atoms with Crippen LogP contribution in [0.25, 0.3) is 11.6 Å². The summed E-state index contributed by atoms with van der Waals surface area (Å²) in [5.41, 5.74) is 3.65. The van der Waals surface area contributed by atoms with Crippen LogP contribution in [-0.2, 0) is 14.3 Å². The number of rotatable bonds is 7. The second-order valence-corrected chi connectivity index (χ2v) is 7.93. The van der Waals surface area contributed by atoms with Crippen molar-refractivity contribution in [2.24, 2.45) is 0 Å². The second kappa shape index (κ2) is 9.35. The molecule has 3 rings (SSSR count). The molecule has 0 saturated heterocycles. The molecule has 1 aromatic carbocycles. The number of methoxy groups -OCH3 is 1. The van der Waals surface area contributed by atoms with Crippen molar-refractivity contribution in [1.29, 1.82) is 0 Å². The van der Waals surface area contributed by atoms with E-state index in [0.717, 1.165) is 0 Å². The highest BCUT2D eigenvalue weighted by Crippen LogP contribution is 2.34. The van der Waals surface area contributed by atoms with E-state index in [1.165, 1.54) is 30.2 Å². The number of halogens is 1. The van der Waals surface area contributed by atoms with E-state index < -0.39 is 11.9 Å². The Balaban J connectivity index is 1.80. The molecule has 1 aromatic heterocycles. The van der Waals surface area contributed by atoms with Crippen LogP contribution >= 0.6 is 0 Å². The molecule has 32 heavy (non-hydrogen) atoms. The number of aryl methyl sites for hydroxylation is 1. The quantitative estimate of drug-likeness (QED) is 0.573. The van der Waals surface area contributed by atoms with E-state index in [9.17, 15) is 18.8 Å². The van der Waals surface area contributed by atoms with E-state index in [1.807, 2.05) is 0 Å². The number of amides is 3. The van der Waals surface area contributed by atoms with Crippen molar-refractivity contribution in [3.05, 3.63) is 52.1 Å². The molecule has 2 heterocycles. The smallest absolute Gasteiger partial charge is 0.256 e. The minimum absolute atomic E-state index is 0.0967. The largest absolute Gasteiger partial charge is 0.379 e. The average molecular weight is 442 g/mol. The van der Waals surface area contributed by atoms with Crippen molar-refractivity contribution >= 4 is 35.1 Å². The number of anilines is 1. The molecular weight excluding hydrogens is 415 g/mol. The summed E-state index contributed by atoms with van der Waals surface area (Å²) in [4.78, 5) is 41.7. The summed E-state index contributed by atoms with van der Waals surface area (Å²) in [7, 11) is 4.81. The summed E-state index contributed by atoms with van der Waals surface area (Å²) < 4.78 is 19.0. The van der Waals surface area contributed by atoms with Gasteiger partial charge >= 0.3 is 0 Å². The van der Waals surface area contributed by atoms with Gasteiger partial charge in [0.1, 0.15) is 5.82 Å². The van der Waals surface area contributed by atoms with Crippen molar-refractivity contribution < 1.29 is 23.5 Å². The van der Waals surface area contributed by atoms with Crippen molar-refractivity contribution in [2.75, 3.05) is 33.1 Å². The molecule has 2 aromatic rings. The number of aromatic amines is 1. The maximum absolute atomic E-state index is 13.7. The third-order valence-electron chi connectivity index (χ3n) is 5.48. The van der Waals surface area contributed by atoms with Crippen molar-refractivity contribution in [3.8, 4) is 0 Å². The predicted molar refractivity (Wildman–Crippen MR) is 120 cm³/mol. The first-order valence-electron chi connectivity index (χ1n) is 10.2. The molecule has 9 heteroatoms. The lowest BCUT2D eigenvalue weighted by atomic mass is 10.0. The highest BCUT2D eigenvalue weighted by atomic mass is 19.1. The molecule has 8 nitrogen and oxygen atoms in total. The first-order chi connectivity index (χ1) is 15.1. The molecule has 170 valence electrons. The van der Waals surface area contributed by atoms with Crippen molar-refractivity contribution in [2.45, 2.75) is 26.4 Å².